The molecule has 1 unspecified atom stereocenters. The van der Waals surface area contributed by atoms with Gasteiger partial charge < -0.3 is 10.2 Å². The summed E-state index contributed by atoms with van der Waals surface area (Å²) in [7, 11) is -3.52. The molecule has 1 atom stereocenters. The quantitative estimate of drug-likeness (QED) is 0.428. The first-order valence-corrected chi connectivity index (χ1v) is 13.3. The number of nitrogens with zero attached hydrogens (tertiary/aromatic N) is 4. The fraction of sp³-hybridized carbons (Fsp3) is 0.259. The summed E-state index contributed by atoms with van der Waals surface area (Å²) in [6.45, 7) is 5.88. The molecule has 1 aromatic heterocycles. The standard InChI is InChI=1S/C27H29N5O2S/c1-20-12-14-23(15-13-20)35(33,34)32-18-16-31(17-19-32)27-29-25-11-7-6-10-24(25)26(30-27)28-21(2)22-8-4-3-5-9-22/h3-15,21H,16-19H2,1-2H3,(H,28,29,30). The van der Waals surface area contributed by atoms with Gasteiger partial charge in [-0.25, -0.2) is 13.4 Å². The lowest BCUT2D eigenvalue weighted by Gasteiger charge is -2.34. The van der Waals surface area contributed by atoms with Gasteiger partial charge in [0.05, 0.1) is 10.4 Å². The lowest BCUT2D eigenvalue weighted by Crippen LogP contribution is -2.49. The van der Waals surface area contributed by atoms with Crippen molar-refractivity contribution in [3.63, 3.8) is 0 Å². The minimum absolute atomic E-state index is 0.0684. The van der Waals surface area contributed by atoms with Crippen LogP contribution in [0.25, 0.3) is 10.9 Å². The highest BCUT2D eigenvalue weighted by molar-refractivity contribution is 7.89. The first-order chi connectivity index (χ1) is 16.9. The van der Waals surface area contributed by atoms with Gasteiger partial charge in [0.15, 0.2) is 0 Å². The van der Waals surface area contributed by atoms with Crippen LogP contribution in [0, 0.1) is 6.92 Å². The molecule has 5 rings (SSSR count). The molecule has 0 saturated carbocycles. The minimum Gasteiger partial charge on any atom is -0.363 e. The molecule has 8 heteroatoms. The predicted molar refractivity (Wildman–Crippen MR) is 140 cm³/mol. The van der Waals surface area contributed by atoms with Gasteiger partial charge in [0, 0.05) is 37.6 Å². The van der Waals surface area contributed by atoms with Gasteiger partial charge in [-0.15, -0.1) is 0 Å². The van der Waals surface area contributed by atoms with Crippen LogP contribution in [0.5, 0.6) is 0 Å². The number of aromatic nitrogens is 2. The van der Waals surface area contributed by atoms with Gasteiger partial charge >= 0.3 is 0 Å². The van der Waals surface area contributed by atoms with E-state index in [1.165, 1.54) is 5.56 Å². The monoisotopic (exact) mass is 487 g/mol. The number of nitrogens with one attached hydrogen (secondary N) is 1. The van der Waals surface area contributed by atoms with Gasteiger partial charge in [-0.05, 0) is 43.7 Å². The number of piperazine rings is 1. The molecular weight excluding hydrogens is 458 g/mol. The molecule has 7 nitrogen and oxygen atoms in total. The summed E-state index contributed by atoms with van der Waals surface area (Å²) in [4.78, 5) is 12.1. The summed E-state index contributed by atoms with van der Waals surface area (Å²) in [6.07, 6.45) is 0. The SMILES string of the molecule is Cc1ccc(S(=O)(=O)N2CCN(c3nc(NC(C)c4ccccc4)c4ccccc4n3)CC2)cc1. The summed E-state index contributed by atoms with van der Waals surface area (Å²) < 4.78 is 27.7. The van der Waals surface area contributed by atoms with Crippen molar-refractivity contribution in [3.05, 3.63) is 90.0 Å². The molecule has 1 N–H and O–H groups in total. The van der Waals surface area contributed by atoms with Gasteiger partial charge in [0.1, 0.15) is 5.82 Å². The van der Waals surface area contributed by atoms with Crippen molar-refractivity contribution in [1.82, 2.24) is 14.3 Å². The number of anilines is 2. The molecule has 0 radical (unpaired) electrons. The van der Waals surface area contributed by atoms with Crippen molar-refractivity contribution >= 4 is 32.7 Å². The van der Waals surface area contributed by atoms with E-state index < -0.39 is 10.0 Å². The predicted octanol–water partition coefficient (Wildman–Crippen LogP) is 4.62. The van der Waals surface area contributed by atoms with E-state index in [1.807, 2.05) is 61.5 Å². The van der Waals surface area contributed by atoms with Crippen LogP contribution in [0.4, 0.5) is 11.8 Å². The molecule has 1 aliphatic heterocycles. The second-order valence-corrected chi connectivity index (χ2v) is 10.8. The van der Waals surface area contributed by atoms with Crippen LogP contribution in [0.2, 0.25) is 0 Å². The molecule has 3 aromatic carbocycles. The molecule has 0 aliphatic carbocycles. The van der Waals surface area contributed by atoms with Crippen LogP contribution in [0.1, 0.15) is 24.1 Å². The molecule has 2 heterocycles. The van der Waals surface area contributed by atoms with Crippen molar-refractivity contribution in [2.75, 3.05) is 36.4 Å². The number of fused-ring (bicyclic) bond motifs is 1. The van der Waals surface area contributed by atoms with E-state index in [2.05, 4.69) is 29.3 Å². The van der Waals surface area contributed by atoms with E-state index in [0.29, 0.717) is 37.0 Å². The molecule has 0 bridgehead atoms. The first kappa shape index (κ1) is 23.3. The van der Waals surface area contributed by atoms with Gasteiger partial charge in [-0.1, -0.05) is 60.2 Å². The summed E-state index contributed by atoms with van der Waals surface area (Å²) in [5.74, 6) is 1.38. The topological polar surface area (TPSA) is 78.4 Å². The number of hydrogen-bond acceptors (Lipinski definition) is 6. The summed E-state index contributed by atoms with van der Waals surface area (Å²) >= 11 is 0. The number of sulfonamides is 1. The van der Waals surface area contributed by atoms with E-state index >= 15 is 0 Å². The van der Waals surface area contributed by atoms with Crippen LogP contribution in [0.3, 0.4) is 0 Å². The van der Waals surface area contributed by atoms with Gasteiger partial charge in [-0.2, -0.15) is 9.29 Å². The van der Waals surface area contributed by atoms with Crippen molar-refractivity contribution in [1.29, 1.82) is 0 Å². The zero-order chi connectivity index (χ0) is 24.4. The Labute approximate surface area is 206 Å². The second-order valence-electron chi connectivity index (χ2n) is 8.87. The minimum atomic E-state index is -3.52. The number of benzene rings is 3. The Bertz CT molecular complexity index is 1420. The summed E-state index contributed by atoms with van der Waals surface area (Å²) in [5, 5.41) is 4.51. The zero-order valence-corrected chi connectivity index (χ0v) is 20.7. The molecule has 1 aliphatic rings. The van der Waals surface area contributed by atoms with Crippen LogP contribution in [0.15, 0.2) is 83.8 Å². The van der Waals surface area contributed by atoms with E-state index in [9.17, 15) is 8.42 Å². The highest BCUT2D eigenvalue weighted by Crippen LogP contribution is 2.28. The molecule has 0 spiro atoms. The van der Waals surface area contributed by atoms with Crippen molar-refractivity contribution in [2.45, 2.75) is 24.8 Å². The van der Waals surface area contributed by atoms with Crippen LogP contribution < -0.4 is 10.2 Å². The summed E-state index contributed by atoms with van der Waals surface area (Å²) in [6, 6.07) is 25.3. The molecule has 180 valence electrons. The van der Waals surface area contributed by atoms with Crippen LogP contribution in [-0.2, 0) is 10.0 Å². The van der Waals surface area contributed by atoms with Crippen LogP contribution >= 0.6 is 0 Å². The molecule has 0 amide bonds. The third-order valence-electron chi connectivity index (χ3n) is 6.42. The van der Waals surface area contributed by atoms with Crippen molar-refractivity contribution < 1.29 is 8.42 Å². The number of aryl methyl sites for hydroxylation is 1. The van der Waals surface area contributed by atoms with Crippen molar-refractivity contribution in [3.8, 4) is 0 Å². The number of hydrogen-bond donors (Lipinski definition) is 1. The molecule has 1 saturated heterocycles. The van der Waals surface area contributed by atoms with Gasteiger partial charge in [-0.3, -0.25) is 0 Å². The van der Waals surface area contributed by atoms with E-state index in [4.69, 9.17) is 9.97 Å². The maximum atomic E-state index is 13.1. The largest absolute Gasteiger partial charge is 0.363 e. The molecule has 4 aromatic rings. The second kappa shape index (κ2) is 9.64. The Kier molecular flexibility index (Phi) is 6.40. The third kappa shape index (κ3) is 4.85. The summed E-state index contributed by atoms with van der Waals surface area (Å²) in [5.41, 5.74) is 3.06. The van der Waals surface area contributed by atoms with Gasteiger partial charge in [0.25, 0.3) is 0 Å². The van der Waals surface area contributed by atoms with Gasteiger partial charge in [0.2, 0.25) is 16.0 Å². The molecule has 35 heavy (non-hydrogen) atoms. The Balaban J connectivity index is 1.37. The maximum Gasteiger partial charge on any atom is 0.243 e. The zero-order valence-electron chi connectivity index (χ0n) is 19.9. The molecular formula is C27H29N5O2S. The van der Waals surface area contributed by atoms with Crippen LogP contribution in [-0.4, -0.2) is 48.9 Å². The smallest absolute Gasteiger partial charge is 0.243 e. The average molecular weight is 488 g/mol. The van der Waals surface area contributed by atoms with E-state index in [-0.39, 0.29) is 6.04 Å². The maximum absolute atomic E-state index is 13.1. The lowest BCUT2D eigenvalue weighted by molar-refractivity contribution is 0.382. The number of para-hydroxylation sites is 1. The number of rotatable bonds is 6. The third-order valence-corrected chi connectivity index (χ3v) is 8.34. The van der Waals surface area contributed by atoms with Crippen molar-refractivity contribution in [2.24, 2.45) is 0 Å². The average Bonchev–Trinajstić information content (AvgIpc) is 2.89. The highest BCUT2D eigenvalue weighted by Gasteiger charge is 2.29. The Morgan fingerprint density at radius 2 is 1.49 bits per heavy atom. The normalized spacial score (nSPS) is 15.8. The lowest BCUT2D eigenvalue weighted by atomic mass is 10.1. The Morgan fingerprint density at radius 3 is 2.20 bits per heavy atom. The fourth-order valence-electron chi connectivity index (χ4n) is 4.33. The fourth-order valence-corrected chi connectivity index (χ4v) is 5.76. The molecule has 1 fully saturated rings. The Hall–Kier alpha value is -3.49. The van der Waals surface area contributed by atoms with E-state index in [1.54, 1.807) is 16.4 Å². The first-order valence-electron chi connectivity index (χ1n) is 11.8. The van der Waals surface area contributed by atoms with E-state index in [0.717, 1.165) is 22.3 Å². The highest BCUT2D eigenvalue weighted by atomic mass is 32.2. The Morgan fingerprint density at radius 1 is 0.829 bits per heavy atom.